The van der Waals surface area contributed by atoms with E-state index in [-0.39, 0.29) is 17.0 Å². The number of hydrogen-bond donors (Lipinski definition) is 2. The molecular formula is C17H14FN5O2. The summed E-state index contributed by atoms with van der Waals surface area (Å²) in [5.41, 5.74) is 1.05. The van der Waals surface area contributed by atoms with Gasteiger partial charge in [-0.3, -0.25) is 13.9 Å². The first-order valence-electron chi connectivity index (χ1n) is 7.58. The van der Waals surface area contributed by atoms with Crippen LogP contribution in [0, 0.1) is 5.82 Å². The molecule has 2 N–H and O–H groups in total. The van der Waals surface area contributed by atoms with Crippen molar-refractivity contribution in [2.45, 2.75) is 6.61 Å². The van der Waals surface area contributed by atoms with Crippen LogP contribution in [0.4, 0.5) is 15.9 Å². The second kappa shape index (κ2) is 5.67. The maximum Gasteiger partial charge on any atom is 0.265 e. The van der Waals surface area contributed by atoms with Crippen LogP contribution in [0.25, 0.3) is 16.6 Å². The summed E-state index contributed by atoms with van der Waals surface area (Å²) in [7, 11) is 1.84. The van der Waals surface area contributed by atoms with Gasteiger partial charge in [0.2, 0.25) is 0 Å². The lowest BCUT2D eigenvalue weighted by molar-refractivity contribution is 0.280. The van der Waals surface area contributed by atoms with Gasteiger partial charge in [-0.05, 0) is 30.3 Å². The van der Waals surface area contributed by atoms with Gasteiger partial charge >= 0.3 is 0 Å². The van der Waals surface area contributed by atoms with Crippen molar-refractivity contribution < 1.29 is 9.50 Å². The Kier molecular flexibility index (Phi) is 3.47. The normalized spacial score (nSPS) is 11.3. The Morgan fingerprint density at radius 1 is 1.32 bits per heavy atom. The first kappa shape index (κ1) is 15.3. The zero-order chi connectivity index (χ0) is 17.6. The van der Waals surface area contributed by atoms with Crippen molar-refractivity contribution in [2.24, 2.45) is 7.05 Å². The number of halogens is 1. The number of anilines is 2. The highest BCUT2D eigenvalue weighted by Gasteiger charge is 2.14. The topological polar surface area (TPSA) is 84.5 Å². The first-order chi connectivity index (χ1) is 12.1. The maximum atomic E-state index is 14.0. The fourth-order valence-corrected chi connectivity index (χ4v) is 2.79. The van der Waals surface area contributed by atoms with Gasteiger partial charge < -0.3 is 10.4 Å². The first-order valence-corrected chi connectivity index (χ1v) is 7.58. The third kappa shape index (κ3) is 2.43. The summed E-state index contributed by atoms with van der Waals surface area (Å²) in [5, 5.41) is 17.7. The minimum Gasteiger partial charge on any atom is -0.391 e. The molecule has 7 nitrogen and oxygen atoms in total. The van der Waals surface area contributed by atoms with Gasteiger partial charge in [0, 0.05) is 24.3 Å². The van der Waals surface area contributed by atoms with Gasteiger partial charge in [0.05, 0.1) is 23.9 Å². The zero-order valence-electron chi connectivity index (χ0n) is 13.3. The van der Waals surface area contributed by atoms with Crippen molar-refractivity contribution >= 4 is 28.1 Å². The number of benzene rings is 1. The average molecular weight is 339 g/mol. The van der Waals surface area contributed by atoms with Gasteiger partial charge in [0.25, 0.3) is 5.56 Å². The largest absolute Gasteiger partial charge is 0.391 e. The lowest BCUT2D eigenvalue weighted by Gasteiger charge is -2.12. The Morgan fingerprint density at radius 3 is 2.96 bits per heavy atom. The third-order valence-corrected chi connectivity index (χ3v) is 4.07. The fourth-order valence-electron chi connectivity index (χ4n) is 2.79. The van der Waals surface area contributed by atoms with Gasteiger partial charge in [-0.15, -0.1) is 0 Å². The Hall–Kier alpha value is -3.26. The van der Waals surface area contributed by atoms with E-state index in [1.165, 1.54) is 18.3 Å². The number of aliphatic hydroxyl groups is 1. The third-order valence-electron chi connectivity index (χ3n) is 4.07. The monoisotopic (exact) mass is 339 g/mol. The van der Waals surface area contributed by atoms with E-state index in [0.29, 0.717) is 5.69 Å². The minimum absolute atomic E-state index is 0.0642. The zero-order valence-corrected chi connectivity index (χ0v) is 13.3. The number of fused-ring (bicyclic) bond motifs is 2. The van der Waals surface area contributed by atoms with E-state index >= 15 is 0 Å². The summed E-state index contributed by atoms with van der Waals surface area (Å²) in [6, 6.07) is 8.16. The smallest absolute Gasteiger partial charge is 0.265 e. The van der Waals surface area contributed by atoms with Crippen molar-refractivity contribution in [3.63, 3.8) is 0 Å². The van der Waals surface area contributed by atoms with E-state index in [9.17, 15) is 14.3 Å². The number of aliphatic hydroxyl groups excluding tert-OH is 1. The quantitative estimate of drug-likeness (QED) is 0.596. The molecule has 0 amide bonds. The molecule has 126 valence electrons. The molecule has 8 heteroatoms. The van der Waals surface area contributed by atoms with Crippen LogP contribution in [-0.2, 0) is 13.7 Å². The molecule has 0 saturated heterocycles. The Labute approximate surface area is 141 Å². The van der Waals surface area contributed by atoms with E-state index in [1.54, 1.807) is 16.9 Å². The van der Waals surface area contributed by atoms with Crippen molar-refractivity contribution in [1.29, 1.82) is 0 Å². The molecule has 25 heavy (non-hydrogen) atoms. The van der Waals surface area contributed by atoms with E-state index in [2.05, 4.69) is 15.4 Å². The summed E-state index contributed by atoms with van der Waals surface area (Å²) < 4.78 is 16.8. The molecule has 3 heterocycles. The summed E-state index contributed by atoms with van der Waals surface area (Å²) in [4.78, 5) is 16.7. The van der Waals surface area contributed by atoms with Gasteiger partial charge in [-0.1, -0.05) is 0 Å². The molecule has 0 bridgehead atoms. The predicted molar refractivity (Wildman–Crippen MR) is 91.3 cm³/mol. The van der Waals surface area contributed by atoms with Crippen LogP contribution < -0.4 is 10.9 Å². The summed E-state index contributed by atoms with van der Waals surface area (Å²) in [5.74, 6) is -0.490. The van der Waals surface area contributed by atoms with E-state index in [0.717, 1.165) is 15.3 Å². The molecule has 0 aliphatic heterocycles. The number of aryl methyl sites for hydroxylation is 1. The minimum atomic E-state index is -0.616. The summed E-state index contributed by atoms with van der Waals surface area (Å²) in [6.07, 6.45) is 3.13. The second-order valence-electron chi connectivity index (χ2n) is 5.62. The number of aromatic nitrogens is 4. The van der Waals surface area contributed by atoms with Crippen molar-refractivity contribution in [3.8, 4) is 0 Å². The molecule has 0 aliphatic carbocycles. The Morgan fingerprint density at radius 2 is 2.16 bits per heavy atom. The second-order valence-corrected chi connectivity index (χ2v) is 5.62. The standard InChI is InChI=1S/C17H14FN5O2/c1-22-14-5-4-11(7-10(14)8-19-22)20-15-12(9-24)17(25)23-6-2-3-13(18)16(23)21-15/h2-8,20,24H,9H2,1H3. The van der Waals surface area contributed by atoms with Gasteiger partial charge in [-0.2, -0.15) is 5.10 Å². The molecule has 0 unspecified atom stereocenters. The average Bonchev–Trinajstić information content (AvgIpc) is 2.97. The van der Waals surface area contributed by atoms with Gasteiger partial charge in [0.15, 0.2) is 11.5 Å². The number of nitrogens with zero attached hydrogens (tertiary/aromatic N) is 4. The summed E-state index contributed by atoms with van der Waals surface area (Å²) >= 11 is 0. The molecule has 4 aromatic rings. The van der Waals surface area contributed by atoms with Crippen molar-refractivity contribution in [3.05, 3.63) is 64.5 Å². The highest BCUT2D eigenvalue weighted by Crippen LogP contribution is 2.23. The lowest BCUT2D eigenvalue weighted by atomic mass is 10.2. The fraction of sp³-hybridized carbons (Fsp3) is 0.118. The number of nitrogens with one attached hydrogen (secondary N) is 1. The van der Waals surface area contributed by atoms with Gasteiger partial charge in [-0.25, -0.2) is 9.37 Å². The van der Waals surface area contributed by atoms with E-state index in [1.807, 2.05) is 19.2 Å². The van der Waals surface area contributed by atoms with E-state index < -0.39 is 18.0 Å². The molecular weight excluding hydrogens is 325 g/mol. The molecule has 0 fully saturated rings. The molecule has 0 spiro atoms. The van der Waals surface area contributed by atoms with Crippen LogP contribution in [0.1, 0.15) is 5.56 Å². The van der Waals surface area contributed by atoms with Crippen LogP contribution in [0.5, 0.6) is 0 Å². The summed E-state index contributed by atoms with van der Waals surface area (Å²) in [6.45, 7) is -0.511. The molecule has 0 saturated carbocycles. The van der Waals surface area contributed by atoms with Gasteiger partial charge in [0.1, 0.15) is 5.82 Å². The Bertz CT molecular complexity index is 1170. The molecule has 0 aliphatic rings. The van der Waals surface area contributed by atoms with Crippen molar-refractivity contribution in [2.75, 3.05) is 5.32 Å². The Balaban J connectivity index is 1.87. The number of hydrogen-bond acceptors (Lipinski definition) is 5. The van der Waals surface area contributed by atoms with Crippen LogP contribution in [0.2, 0.25) is 0 Å². The van der Waals surface area contributed by atoms with Crippen molar-refractivity contribution in [1.82, 2.24) is 19.2 Å². The number of pyridine rings is 1. The highest BCUT2D eigenvalue weighted by atomic mass is 19.1. The molecule has 4 rings (SSSR count). The van der Waals surface area contributed by atoms with Crippen LogP contribution in [0.15, 0.2) is 47.5 Å². The van der Waals surface area contributed by atoms with Crippen LogP contribution in [0.3, 0.4) is 0 Å². The predicted octanol–water partition coefficient (Wildman–Crippen LogP) is 1.96. The maximum absolute atomic E-state index is 14.0. The lowest BCUT2D eigenvalue weighted by Crippen LogP contribution is -2.22. The SMILES string of the molecule is Cn1ncc2cc(Nc3nc4c(F)cccn4c(=O)c3CO)ccc21. The molecule has 3 aromatic heterocycles. The van der Waals surface area contributed by atoms with Crippen LogP contribution in [-0.4, -0.2) is 24.3 Å². The number of rotatable bonds is 3. The molecule has 1 aromatic carbocycles. The molecule has 0 radical (unpaired) electrons. The van der Waals surface area contributed by atoms with E-state index in [4.69, 9.17) is 0 Å². The molecule has 0 atom stereocenters. The van der Waals surface area contributed by atoms with Crippen LogP contribution >= 0.6 is 0 Å². The highest BCUT2D eigenvalue weighted by molar-refractivity contribution is 5.83.